The average Bonchev–Trinajstić information content (AvgIpc) is 2.84. The van der Waals surface area contributed by atoms with Crippen LogP contribution in [0.4, 0.5) is 5.69 Å². The Hall–Kier alpha value is -2.69. The Kier molecular flexibility index (Phi) is 17.4. The normalized spacial score (nSPS) is 11.3. The van der Waals surface area contributed by atoms with E-state index < -0.39 is 0 Å². The van der Waals surface area contributed by atoms with Gasteiger partial charge in [0.2, 0.25) is 0 Å². The second-order valence-electron chi connectivity index (χ2n) is 7.21. The fourth-order valence-electron chi connectivity index (χ4n) is 3.41. The van der Waals surface area contributed by atoms with Gasteiger partial charge in [-0.05, 0) is 61.9 Å². The number of nitrogens with two attached hydrogens (primary N) is 1. The van der Waals surface area contributed by atoms with E-state index in [1.807, 2.05) is 11.1 Å². The highest BCUT2D eigenvalue weighted by atomic mass is 16.2. The summed E-state index contributed by atoms with van der Waals surface area (Å²) in [4.78, 5) is 0. The molecular formula is C28H43N3O. The van der Waals surface area contributed by atoms with Gasteiger partial charge in [-0.3, -0.25) is 0 Å². The number of benzene rings is 2. The Morgan fingerprint density at radius 1 is 1.03 bits per heavy atom. The van der Waals surface area contributed by atoms with Crippen LogP contribution in [0, 0.1) is 5.92 Å². The molecule has 1 unspecified atom stereocenters. The second-order valence-corrected chi connectivity index (χ2v) is 7.21. The number of aryl methyl sites for hydroxylation is 1. The summed E-state index contributed by atoms with van der Waals surface area (Å²) in [6.45, 7) is 16.9. The predicted molar refractivity (Wildman–Crippen MR) is 143 cm³/mol. The Morgan fingerprint density at radius 2 is 1.62 bits per heavy atom. The van der Waals surface area contributed by atoms with Crippen molar-refractivity contribution in [3.8, 4) is 0 Å². The summed E-state index contributed by atoms with van der Waals surface area (Å²) in [6.07, 6.45) is 7.76. The lowest BCUT2D eigenvalue weighted by atomic mass is 9.95. The third-order valence-corrected chi connectivity index (χ3v) is 4.94. The number of hydrogen-bond donors (Lipinski definition) is 2. The van der Waals surface area contributed by atoms with Crippen molar-refractivity contribution in [1.82, 2.24) is 0 Å². The first-order valence-electron chi connectivity index (χ1n) is 11.6. The fourth-order valence-corrected chi connectivity index (χ4v) is 3.41. The van der Waals surface area contributed by atoms with Crippen molar-refractivity contribution >= 4 is 18.1 Å². The first kappa shape index (κ1) is 29.3. The molecule has 0 aliphatic carbocycles. The molecule has 2 aromatic rings. The van der Waals surface area contributed by atoms with Crippen LogP contribution >= 0.6 is 0 Å². The maximum atomic E-state index is 7.57. The Labute approximate surface area is 196 Å². The van der Waals surface area contributed by atoms with E-state index >= 15 is 0 Å². The number of hydrazone groups is 1. The maximum absolute atomic E-state index is 7.57. The van der Waals surface area contributed by atoms with Gasteiger partial charge in [-0.1, -0.05) is 75.2 Å². The molecular weight excluding hydrogens is 394 g/mol. The van der Waals surface area contributed by atoms with Crippen LogP contribution in [0.3, 0.4) is 0 Å². The first-order chi connectivity index (χ1) is 15.6. The molecule has 0 bridgehead atoms. The molecule has 0 fully saturated rings. The van der Waals surface area contributed by atoms with E-state index in [-0.39, 0.29) is 6.61 Å². The molecule has 176 valence electrons. The number of allylic oxidation sites excluding steroid dienone is 1. The summed E-state index contributed by atoms with van der Waals surface area (Å²) >= 11 is 0. The molecule has 0 heterocycles. The van der Waals surface area contributed by atoms with E-state index in [0.29, 0.717) is 5.92 Å². The van der Waals surface area contributed by atoms with Gasteiger partial charge in [0, 0.05) is 13.3 Å². The minimum absolute atomic E-state index is 0.250. The van der Waals surface area contributed by atoms with Gasteiger partial charge in [0.05, 0.1) is 11.4 Å². The summed E-state index contributed by atoms with van der Waals surface area (Å²) in [5.41, 5.74) is 10.4. The lowest BCUT2D eigenvalue weighted by Gasteiger charge is -2.24. The first-order valence-corrected chi connectivity index (χ1v) is 11.6. The van der Waals surface area contributed by atoms with Gasteiger partial charge in [-0.25, -0.2) is 5.01 Å². The van der Waals surface area contributed by atoms with Gasteiger partial charge in [-0.2, -0.15) is 5.10 Å². The van der Waals surface area contributed by atoms with Crippen molar-refractivity contribution in [2.45, 2.75) is 52.9 Å². The van der Waals surface area contributed by atoms with Crippen molar-refractivity contribution in [2.24, 2.45) is 16.8 Å². The third kappa shape index (κ3) is 10.6. The van der Waals surface area contributed by atoms with Gasteiger partial charge in [0.25, 0.3) is 0 Å². The Morgan fingerprint density at radius 3 is 2.09 bits per heavy atom. The second kappa shape index (κ2) is 19.0. The summed E-state index contributed by atoms with van der Waals surface area (Å²) in [7, 11) is 0. The molecule has 0 radical (unpaired) electrons. The monoisotopic (exact) mass is 437 g/mol. The van der Waals surface area contributed by atoms with E-state index in [1.54, 1.807) is 6.92 Å². The van der Waals surface area contributed by atoms with Crippen molar-refractivity contribution < 1.29 is 5.11 Å². The molecule has 0 saturated heterocycles. The zero-order valence-corrected chi connectivity index (χ0v) is 20.3. The lowest BCUT2D eigenvalue weighted by Crippen LogP contribution is -2.15. The number of anilines is 1. The van der Waals surface area contributed by atoms with Gasteiger partial charge in [0.15, 0.2) is 0 Å². The van der Waals surface area contributed by atoms with Gasteiger partial charge < -0.3 is 10.8 Å². The van der Waals surface area contributed by atoms with Gasteiger partial charge in [0.1, 0.15) is 0 Å². The molecule has 0 aliphatic heterocycles. The SMILES string of the molecule is C=C.C=NN(/C(=C\CC(CCC)CCN)c1ccccc1)c1ccc(CC)cc1.CCO. The summed E-state index contributed by atoms with van der Waals surface area (Å²) in [5.74, 6) is 0.604. The van der Waals surface area contributed by atoms with Crippen molar-refractivity contribution in [3.63, 3.8) is 0 Å². The molecule has 0 aromatic heterocycles. The standard InChI is InChI=1S/C24H33N3.C2H6O.C2H4/c1-4-9-21(18-19-25)14-17-24(22-10-7-6-8-11-22)27(26-3)23-15-12-20(5-2)13-16-23;1-2-3;1-2/h6-8,10-13,15-17,21H,3-5,9,14,18-19,25H2,1-2H3;3H,2H2,1H3;1-2H2/b24-17-;;. The minimum atomic E-state index is 0.250. The molecule has 0 spiro atoms. The maximum Gasteiger partial charge on any atom is 0.0684 e. The largest absolute Gasteiger partial charge is 0.397 e. The predicted octanol–water partition coefficient (Wildman–Crippen LogP) is 6.67. The molecule has 3 N–H and O–H groups in total. The minimum Gasteiger partial charge on any atom is -0.397 e. The molecule has 4 nitrogen and oxygen atoms in total. The topological polar surface area (TPSA) is 61.8 Å². The number of nitrogens with zero attached hydrogens (tertiary/aromatic N) is 2. The van der Waals surface area contributed by atoms with Crippen LogP contribution in [0.15, 0.2) is 78.9 Å². The van der Waals surface area contributed by atoms with E-state index in [1.165, 1.54) is 18.4 Å². The zero-order chi connectivity index (χ0) is 24.2. The number of rotatable bonds is 11. The highest BCUT2D eigenvalue weighted by molar-refractivity contribution is 5.79. The van der Waals surface area contributed by atoms with E-state index in [4.69, 9.17) is 10.8 Å². The summed E-state index contributed by atoms with van der Waals surface area (Å²) in [5, 5.41) is 13.9. The lowest BCUT2D eigenvalue weighted by molar-refractivity contribution is 0.318. The fraction of sp³-hybridized carbons (Fsp3) is 0.393. The Bertz CT molecular complexity index is 735. The Balaban J connectivity index is 0.00000177. The molecule has 0 amide bonds. The van der Waals surface area contributed by atoms with Crippen molar-refractivity contribution in [1.29, 1.82) is 0 Å². The van der Waals surface area contributed by atoms with E-state index in [0.717, 1.165) is 42.8 Å². The zero-order valence-electron chi connectivity index (χ0n) is 20.3. The number of aliphatic hydroxyl groups excluding tert-OH is 1. The van der Waals surface area contributed by atoms with E-state index in [9.17, 15) is 0 Å². The van der Waals surface area contributed by atoms with Crippen molar-refractivity contribution in [3.05, 3.63) is 85.0 Å². The summed E-state index contributed by atoms with van der Waals surface area (Å²) in [6, 6.07) is 19.0. The van der Waals surface area contributed by atoms with E-state index in [2.05, 4.69) is 93.4 Å². The number of hydrogen-bond acceptors (Lipinski definition) is 4. The molecule has 0 aliphatic rings. The van der Waals surface area contributed by atoms with Crippen LogP contribution in [0.2, 0.25) is 0 Å². The van der Waals surface area contributed by atoms with Gasteiger partial charge >= 0.3 is 0 Å². The van der Waals surface area contributed by atoms with Crippen LogP contribution < -0.4 is 10.7 Å². The highest BCUT2D eigenvalue weighted by Gasteiger charge is 2.14. The van der Waals surface area contributed by atoms with Crippen molar-refractivity contribution in [2.75, 3.05) is 18.2 Å². The third-order valence-electron chi connectivity index (χ3n) is 4.94. The van der Waals surface area contributed by atoms with Crippen LogP contribution in [-0.4, -0.2) is 25.0 Å². The average molecular weight is 438 g/mol. The van der Waals surface area contributed by atoms with Crippen LogP contribution in [-0.2, 0) is 6.42 Å². The number of aliphatic hydroxyl groups is 1. The molecule has 2 aromatic carbocycles. The van der Waals surface area contributed by atoms with Crippen LogP contribution in [0.25, 0.3) is 5.70 Å². The van der Waals surface area contributed by atoms with Crippen LogP contribution in [0.1, 0.15) is 57.6 Å². The quantitative estimate of drug-likeness (QED) is 0.234. The molecule has 1 atom stereocenters. The smallest absolute Gasteiger partial charge is 0.0684 e. The molecule has 4 heteroatoms. The molecule has 0 saturated carbocycles. The van der Waals surface area contributed by atoms with Gasteiger partial charge in [-0.15, -0.1) is 13.2 Å². The van der Waals surface area contributed by atoms with Crippen LogP contribution in [0.5, 0.6) is 0 Å². The summed E-state index contributed by atoms with van der Waals surface area (Å²) < 4.78 is 0. The highest BCUT2D eigenvalue weighted by Crippen LogP contribution is 2.29. The molecule has 32 heavy (non-hydrogen) atoms. The molecule has 2 rings (SSSR count).